The lowest BCUT2D eigenvalue weighted by atomic mass is 10.2. The van der Waals surface area contributed by atoms with E-state index in [0.29, 0.717) is 22.9 Å². The van der Waals surface area contributed by atoms with E-state index in [1.54, 1.807) is 24.3 Å². The second-order valence-electron chi connectivity index (χ2n) is 4.25. The molecule has 0 heterocycles. The Bertz CT molecular complexity index is 716. The molecule has 5 heteroatoms. The molecule has 2 aromatic carbocycles. The molecule has 21 heavy (non-hydrogen) atoms. The van der Waals surface area contributed by atoms with Crippen LogP contribution in [-0.4, -0.2) is 6.61 Å². The van der Waals surface area contributed by atoms with E-state index in [0.717, 1.165) is 11.3 Å². The summed E-state index contributed by atoms with van der Waals surface area (Å²) in [6, 6.07) is 16.6. The Balaban J connectivity index is 2.03. The lowest BCUT2D eigenvalue weighted by Gasteiger charge is -2.10. The molecule has 0 aliphatic heterocycles. The van der Waals surface area contributed by atoms with Crippen molar-refractivity contribution in [2.75, 3.05) is 11.9 Å². The Morgan fingerprint density at radius 3 is 2.71 bits per heavy atom. The summed E-state index contributed by atoms with van der Waals surface area (Å²) in [6.45, 7) is 0.591. The number of nitriles is 2. The Labute approximate surface area is 128 Å². The number of hydrogen-bond donors (Lipinski definition) is 1. The first-order valence-electron chi connectivity index (χ1n) is 6.25. The van der Waals surface area contributed by atoms with Crippen LogP contribution in [0.1, 0.15) is 11.1 Å². The van der Waals surface area contributed by atoms with Gasteiger partial charge in [-0.05, 0) is 35.9 Å². The van der Waals surface area contributed by atoms with Gasteiger partial charge in [0.1, 0.15) is 11.8 Å². The number of anilines is 1. The highest BCUT2D eigenvalue weighted by molar-refractivity contribution is 6.33. The molecule has 0 amide bonds. The van der Waals surface area contributed by atoms with Crippen LogP contribution in [0.25, 0.3) is 0 Å². The van der Waals surface area contributed by atoms with Crippen molar-refractivity contribution >= 4 is 17.3 Å². The standard InChI is InChI=1S/C16H12ClN3O/c17-15-9-12(10-19)4-5-16(15)20-11-13-2-1-3-14(8-13)21-7-6-18/h1-5,8-9,20H,7,11H2. The van der Waals surface area contributed by atoms with E-state index in [4.69, 9.17) is 26.9 Å². The molecule has 0 saturated carbocycles. The van der Waals surface area contributed by atoms with Crippen molar-refractivity contribution in [2.24, 2.45) is 0 Å². The smallest absolute Gasteiger partial charge is 0.174 e. The Kier molecular flexibility index (Phi) is 5.04. The number of hydrogen-bond acceptors (Lipinski definition) is 4. The molecular formula is C16H12ClN3O. The van der Waals surface area contributed by atoms with Gasteiger partial charge in [-0.3, -0.25) is 0 Å². The number of ether oxygens (including phenoxy) is 1. The van der Waals surface area contributed by atoms with E-state index in [1.165, 1.54) is 0 Å². The third-order valence-electron chi connectivity index (χ3n) is 2.78. The number of rotatable bonds is 5. The summed E-state index contributed by atoms with van der Waals surface area (Å²) in [5.41, 5.74) is 2.29. The van der Waals surface area contributed by atoms with E-state index in [2.05, 4.69) is 5.32 Å². The van der Waals surface area contributed by atoms with Crippen LogP contribution in [0.15, 0.2) is 42.5 Å². The molecule has 2 rings (SSSR count). The van der Waals surface area contributed by atoms with Crippen LogP contribution in [0.2, 0.25) is 5.02 Å². The summed E-state index contributed by atoms with van der Waals surface area (Å²) in [6.07, 6.45) is 0. The van der Waals surface area contributed by atoms with Gasteiger partial charge in [-0.1, -0.05) is 23.7 Å². The summed E-state index contributed by atoms with van der Waals surface area (Å²) in [5, 5.41) is 21.0. The molecule has 0 saturated heterocycles. The summed E-state index contributed by atoms with van der Waals surface area (Å²) in [7, 11) is 0. The van der Waals surface area contributed by atoms with Gasteiger partial charge in [0.05, 0.1) is 22.3 Å². The van der Waals surface area contributed by atoms with Gasteiger partial charge in [0.2, 0.25) is 0 Å². The van der Waals surface area contributed by atoms with Gasteiger partial charge in [-0.15, -0.1) is 0 Å². The quantitative estimate of drug-likeness (QED) is 0.913. The molecule has 0 aromatic heterocycles. The zero-order chi connectivity index (χ0) is 15.1. The molecule has 0 bridgehead atoms. The average molecular weight is 298 g/mol. The molecule has 0 spiro atoms. The van der Waals surface area contributed by atoms with E-state index in [9.17, 15) is 0 Å². The Hall–Kier alpha value is -2.69. The van der Waals surface area contributed by atoms with Gasteiger partial charge < -0.3 is 10.1 Å². The number of halogens is 1. The van der Waals surface area contributed by atoms with Crippen LogP contribution in [0, 0.1) is 22.7 Å². The number of nitrogens with zero attached hydrogens (tertiary/aromatic N) is 2. The van der Waals surface area contributed by atoms with Gasteiger partial charge in [-0.25, -0.2) is 0 Å². The van der Waals surface area contributed by atoms with Crippen molar-refractivity contribution in [3.63, 3.8) is 0 Å². The number of benzene rings is 2. The largest absolute Gasteiger partial charge is 0.479 e. The van der Waals surface area contributed by atoms with Crippen LogP contribution in [0.5, 0.6) is 5.75 Å². The van der Waals surface area contributed by atoms with Crippen molar-refractivity contribution in [2.45, 2.75) is 6.54 Å². The average Bonchev–Trinajstić information content (AvgIpc) is 2.52. The molecule has 104 valence electrons. The van der Waals surface area contributed by atoms with Crippen molar-refractivity contribution < 1.29 is 4.74 Å². The second kappa shape index (κ2) is 7.19. The fourth-order valence-corrected chi connectivity index (χ4v) is 2.03. The summed E-state index contributed by atoms with van der Waals surface area (Å²) >= 11 is 6.10. The maximum Gasteiger partial charge on any atom is 0.174 e. The van der Waals surface area contributed by atoms with Gasteiger partial charge in [0.15, 0.2) is 6.61 Å². The first-order chi connectivity index (χ1) is 10.2. The van der Waals surface area contributed by atoms with E-state index in [-0.39, 0.29) is 6.61 Å². The van der Waals surface area contributed by atoms with Crippen LogP contribution in [-0.2, 0) is 6.54 Å². The maximum atomic E-state index is 8.80. The maximum absolute atomic E-state index is 8.80. The van der Waals surface area contributed by atoms with Crippen LogP contribution in [0.3, 0.4) is 0 Å². The van der Waals surface area contributed by atoms with Crippen molar-refractivity contribution in [1.82, 2.24) is 0 Å². The van der Waals surface area contributed by atoms with Crippen LogP contribution in [0.4, 0.5) is 5.69 Å². The molecule has 0 atom stereocenters. The topological polar surface area (TPSA) is 68.8 Å². The van der Waals surface area contributed by atoms with Gasteiger partial charge in [0, 0.05) is 6.54 Å². The lowest BCUT2D eigenvalue weighted by molar-refractivity contribution is 0.368. The van der Waals surface area contributed by atoms with E-state index >= 15 is 0 Å². The third-order valence-corrected chi connectivity index (χ3v) is 3.10. The molecule has 4 nitrogen and oxygen atoms in total. The molecular weight excluding hydrogens is 286 g/mol. The van der Waals surface area contributed by atoms with Crippen molar-refractivity contribution in [3.8, 4) is 17.9 Å². The SMILES string of the molecule is N#CCOc1cccc(CNc2ccc(C#N)cc2Cl)c1. The minimum atomic E-state index is 0.0261. The molecule has 2 aromatic rings. The minimum absolute atomic E-state index is 0.0261. The fourth-order valence-electron chi connectivity index (χ4n) is 1.79. The molecule has 1 N–H and O–H groups in total. The summed E-state index contributed by atoms with van der Waals surface area (Å²) < 4.78 is 5.25. The zero-order valence-electron chi connectivity index (χ0n) is 11.1. The van der Waals surface area contributed by atoms with Gasteiger partial charge in [0.25, 0.3) is 0 Å². The Morgan fingerprint density at radius 2 is 2.00 bits per heavy atom. The third kappa shape index (κ3) is 4.14. The lowest BCUT2D eigenvalue weighted by Crippen LogP contribution is -2.01. The van der Waals surface area contributed by atoms with Crippen molar-refractivity contribution in [1.29, 1.82) is 10.5 Å². The van der Waals surface area contributed by atoms with E-state index < -0.39 is 0 Å². The highest BCUT2D eigenvalue weighted by Crippen LogP contribution is 2.23. The predicted octanol–water partition coefficient (Wildman–Crippen LogP) is 3.73. The van der Waals surface area contributed by atoms with Crippen LogP contribution < -0.4 is 10.1 Å². The first kappa shape index (κ1) is 14.7. The normalized spacial score (nSPS) is 9.48. The van der Waals surface area contributed by atoms with Gasteiger partial charge >= 0.3 is 0 Å². The minimum Gasteiger partial charge on any atom is -0.479 e. The highest BCUT2D eigenvalue weighted by Gasteiger charge is 2.02. The highest BCUT2D eigenvalue weighted by atomic mass is 35.5. The van der Waals surface area contributed by atoms with E-state index in [1.807, 2.05) is 30.3 Å². The zero-order valence-corrected chi connectivity index (χ0v) is 11.9. The fraction of sp³-hybridized carbons (Fsp3) is 0.125. The first-order valence-corrected chi connectivity index (χ1v) is 6.63. The van der Waals surface area contributed by atoms with Gasteiger partial charge in [-0.2, -0.15) is 10.5 Å². The molecule has 0 aliphatic rings. The van der Waals surface area contributed by atoms with Crippen LogP contribution >= 0.6 is 11.6 Å². The molecule has 0 radical (unpaired) electrons. The molecule has 0 aliphatic carbocycles. The molecule has 0 unspecified atom stereocenters. The summed E-state index contributed by atoms with van der Waals surface area (Å²) in [5.74, 6) is 0.654. The second-order valence-corrected chi connectivity index (χ2v) is 4.66. The molecule has 0 fully saturated rings. The predicted molar refractivity (Wildman–Crippen MR) is 81.0 cm³/mol. The number of nitrogens with one attached hydrogen (secondary N) is 1. The summed E-state index contributed by atoms with van der Waals surface area (Å²) in [4.78, 5) is 0. The monoisotopic (exact) mass is 297 g/mol. The Morgan fingerprint density at radius 1 is 1.14 bits per heavy atom. The van der Waals surface area contributed by atoms with Crippen molar-refractivity contribution in [3.05, 3.63) is 58.6 Å².